The molecule has 1 unspecified atom stereocenters. The zero-order valence-electron chi connectivity index (χ0n) is 19.1. The van der Waals surface area contributed by atoms with E-state index in [2.05, 4.69) is 27.9 Å². The molecule has 3 heterocycles. The van der Waals surface area contributed by atoms with Crippen molar-refractivity contribution in [2.24, 2.45) is 0 Å². The molecule has 1 fully saturated rings. The van der Waals surface area contributed by atoms with Crippen molar-refractivity contribution in [1.82, 2.24) is 20.7 Å². The molecule has 2 aromatic carbocycles. The van der Waals surface area contributed by atoms with Crippen LogP contribution in [0, 0.1) is 0 Å². The number of hydroxylamine groups is 1. The summed E-state index contributed by atoms with van der Waals surface area (Å²) in [6.45, 7) is 2.38. The standard InChI is InChI=1S/C26H30N4O4/c31-25(29-34-24-7-3-4-14-33-24)19-8-9-21-17-30(13-11-18(21)15-19)26(32)27-12-10-20-16-28-23-6-2-1-5-22(20)23/h1-2,5-6,8-9,15-16,24,28H,3-4,7,10-14,17H2,(H,27,32)(H,29,31). The van der Waals surface area contributed by atoms with Gasteiger partial charge in [-0.3, -0.25) is 4.79 Å². The predicted molar refractivity (Wildman–Crippen MR) is 128 cm³/mol. The summed E-state index contributed by atoms with van der Waals surface area (Å²) in [5, 5.41) is 4.24. The van der Waals surface area contributed by atoms with Gasteiger partial charge < -0.3 is 19.9 Å². The van der Waals surface area contributed by atoms with E-state index in [0.29, 0.717) is 38.2 Å². The highest BCUT2D eigenvalue weighted by atomic mass is 16.8. The minimum absolute atomic E-state index is 0.0619. The molecular weight excluding hydrogens is 432 g/mol. The number of benzene rings is 2. The van der Waals surface area contributed by atoms with E-state index < -0.39 is 0 Å². The van der Waals surface area contributed by atoms with Crippen molar-refractivity contribution in [1.29, 1.82) is 0 Å². The number of ether oxygens (including phenoxy) is 1. The monoisotopic (exact) mass is 462 g/mol. The number of carbonyl (C=O) groups is 2. The number of aromatic amines is 1. The van der Waals surface area contributed by atoms with Gasteiger partial charge in [-0.25, -0.2) is 15.1 Å². The lowest BCUT2D eigenvalue weighted by Gasteiger charge is -2.29. The van der Waals surface area contributed by atoms with Crippen LogP contribution in [0.15, 0.2) is 48.7 Å². The van der Waals surface area contributed by atoms with E-state index >= 15 is 0 Å². The third-order valence-electron chi connectivity index (χ3n) is 6.53. The van der Waals surface area contributed by atoms with Crippen LogP contribution in [0.1, 0.15) is 46.3 Å². The Morgan fingerprint density at radius 3 is 2.94 bits per heavy atom. The summed E-state index contributed by atoms with van der Waals surface area (Å²) in [5.74, 6) is -0.283. The lowest BCUT2D eigenvalue weighted by Crippen LogP contribution is -2.43. The zero-order chi connectivity index (χ0) is 23.3. The largest absolute Gasteiger partial charge is 0.361 e. The van der Waals surface area contributed by atoms with Crippen molar-refractivity contribution in [2.45, 2.75) is 44.9 Å². The molecule has 2 aliphatic heterocycles. The number of amides is 3. The van der Waals surface area contributed by atoms with Gasteiger partial charge in [0.25, 0.3) is 5.91 Å². The molecule has 0 bridgehead atoms. The van der Waals surface area contributed by atoms with Gasteiger partial charge in [-0.1, -0.05) is 24.3 Å². The van der Waals surface area contributed by atoms with Crippen molar-refractivity contribution >= 4 is 22.8 Å². The van der Waals surface area contributed by atoms with Gasteiger partial charge >= 0.3 is 6.03 Å². The van der Waals surface area contributed by atoms with Crippen molar-refractivity contribution in [3.05, 3.63) is 70.9 Å². The normalized spacial score (nSPS) is 17.9. The van der Waals surface area contributed by atoms with Gasteiger partial charge in [-0.05, 0) is 60.6 Å². The van der Waals surface area contributed by atoms with Gasteiger partial charge in [-0.2, -0.15) is 0 Å². The quantitative estimate of drug-likeness (QED) is 0.487. The van der Waals surface area contributed by atoms with Gasteiger partial charge in [0, 0.05) is 55.3 Å². The topological polar surface area (TPSA) is 95.7 Å². The number of nitrogens with zero attached hydrogens (tertiary/aromatic N) is 1. The second-order valence-corrected chi connectivity index (χ2v) is 8.84. The molecule has 0 aliphatic carbocycles. The molecule has 178 valence electrons. The minimum atomic E-state index is -0.377. The first-order chi connectivity index (χ1) is 16.7. The first kappa shape index (κ1) is 22.4. The van der Waals surface area contributed by atoms with Crippen LogP contribution in [0.4, 0.5) is 4.79 Å². The summed E-state index contributed by atoms with van der Waals surface area (Å²) in [6, 6.07) is 13.7. The molecule has 8 nitrogen and oxygen atoms in total. The maximum absolute atomic E-state index is 12.7. The third kappa shape index (κ3) is 5.08. The molecule has 8 heteroatoms. The van der Waals surface area contributed by atoms with Crippen LogP contribution in [0.2, 0.25) is 0 Å². The number of hydrogen-bond donors (Lipinski definition) is 3. The molecule has 5 rings (SSSR count). The number of para-hydroxylation sites is 1. The molecular formula is C26H30N4O4. The summed E-state index contributed by atoms with van der Waals surface area (Å²) in [6.07, 6.45) is 5.95. The summed E-state index contributed by atoms with van der Waals surface area (Å²) in [4.78, 5) is 35.7. The van der Waals surface area contributed by atoms with Crippen molar-refractivity contribution < 1.29 is 19.2 Å². The van der Waals surface area contributed by atoms with Crippen molar-refractivity contribution in [3.63, 3.8) is 0 Å². The number of hydrogen-bond acceptors (Lipinski definition) is 4. The molecule has 2 aliphatic rings. The molecule has 0 spiro atoms. The smallest absolute Gasteiger partial charge is 0.317 e. The Balaban J connectivity index is 1.11. The van der Waals surface area contributed by atoms with E-state index in [0.717, 1.165) is 42.3 Å². The summed E-state index contributed by atoms with van der Waals surface area (Å²) in [7, 11) is 0. The number of fused-ring (bicyclic) bond motifs is 2. The van der Waals surface area contributed by atoms with E-state index in [9.17, 15) is 9.59 Å². The van der Waals surface area contributed by atoms with Crippen LogP contribution in [0.5, 0.6) is 0 Å². The first-order valence-electron chi connectivity index (χ1n) is 11.9. The SMILES string of the molecule is O=C(NOC1CCCCO1)c1ccc2c(c1)CCN(C(=O)NCCc1c[nH]c3ccccc13)C2. The fourth-order valence-electron chi connectivity index (χ4n) is 4.60. The van der Waals surface area contributed by atoms with E-state index in [1.54, 1.807) is 6.07 Å². The summed E-state index contributed by atoms with van der Waals surface area (Å²) < 4.78 is 5.47. The van der Waals surface area contributed by atoms with Gasteiger partial charge in [0.15, 0.2) is 6.29 Å². The number of urea groups is 1. The average Bonchev–Trinajstić information content (AvgIpc) is 3.30. The van der Waals surface area contributed by atoms with E-state index in [-0.39, 0.29) is 18.2 Å². The molecule has 3 N–H and O–H groups in total. The Morgan fingerprint density at radius 1 is 1.15 bits per heavy atom. The van der Waals surface area contributed by atoms with Crippen LogP contribution in [0.3, 0.4) is 0 Å². The Morgan fingerprint density at radius 2 is 2.06 bits per heavy atom. The molecule has 0 saturated carbocycles. The lowest BCUT2D eigenvalue weighted by molar-refractivity contribution is -0.186. The molecule has 1 aromatic heterocycles. The highest BCUT2D eigenvalue weighted by molar-refractivity contribution is 5.93. The van der Waals surface area contributed by atoms with Gasteiger partial charge in [0.05, 0.1) is 0 Å². The molecule has 3 amide bonds. The number of aromatic nitrogens is 1. The molecule has 1 atom stereocenters. The Hall–Kier alpha value is -3.36. The first-order valence-corrected chi connectivity index (χ1v) is 11.9. The van der Waals surface area contributed by atoms with Crippen LogP contribution < -0.4 is 10.8 Å². The fraction of sp³-hybridized carbons (Fsp3) is 0.385. The molecule has 3 aromatic rings. The number of H-pyrrole nitrogens is 1. The van der Waals surface area contributed by atoms with Gasteiger partial charge in [0.2, 0.25) is 0 Å². The second-order valence-electron chi connectivity index (χ2n) is 8.84. The van der Waals surface area contributed by atoms with Crippen LogP contribution in [0.25, 0.3) is 10.9 Å². The Bertz CT molecular complexity index is 1170. The maximum atomic E-state index is 12.7. The Labute approximate surface area is 198 Å². The highest BCUT2D eigenvalue weighted by Crippen LogP contribution is 2.21. The summed E-state index contributed by atoms with van der Waals surface area (Å²) in [5.41, 5.74) is 7.51. The predicted octanol–water partition coefficient (Wildman–Crippen LogP) is 3.67. The second kappa shape index (κ2) is 10.3. The average molecular weight is 463 g/mol. The zero-order valence-corrected chi connectivity index (χ0v) is 19.1. The van der Waals surface area contributed by atoms with Gasteiger partial charge in [-0.15, -0.1) is 0 Å². The van der Waals surface area contributed by atoms with E-state index in [1.165, 1.54) is 10.9 Å². The van der Waals surface area contributed by atoms with Crippen LogP contribution >= 0.6 is 0 Å². The number of carbonyl (C=O) groups excluding carboxylic acids is 2. The van der Waals surface area contributed by atoms with Crippen LogP contribution in [-0.4, -0.2) is 47.8 Å². The lowest BCUT2D eigenvalue weighted by atomic mass is 9.97. The van der Waals surface area contributed by atoms with Crippen molar-refractivity contribution in [2.75, 3.05) is 19.7 Å². The number of nitrogens with one attached hydrogen (secondary N) is 3. The van der Waals surface area contributed by atoms with Crippen molar-refractivity contribution in [3.8, 4) is 0 Å². The minimum Gasteiger partial charge on any atom is -0.361 e. The number of rotatable bonds is 6. The highest BCUT2D eigenvalue weighted by Gasteiger charge is 2.22. The third-order valence-corrected chi connectivity index (χ3v) is 6.53. The molecule has 0 radical (unpaired) electrons. The molecule has 1 saturated heterocycles. The van der Waals surface area contributed by atoms with E-state index in [4.69, 9.17) is 9.57 Å². The molecule has 34 heavy (non-hydrogen) atoms. The van der Waals surface area contributed by atoms with E-state index in [1.807, 2.05) is 35.4 Å². The fourth-order valence-corrected chi connectivity index (χ4v) is 4.60. The maximum Gasteiger partial charge on any atom is 0.317 e. The Kier molecular flexibility index (Phi) is 6.78. The van der Waals surface area contributed by atoms with Crippen LogP contribution in [-0.2, 0) is 29.0 Å². The van der Waals surface area contributed by atoms with Gasteiger partial charge in [0.1, 0.15) is 0 Å². The summed E-state index contributed by atoms with van der Waals surface area (Å²) >= 11 is 0.